The van der Waals surface area contributed by atoms with Gasteiger partial charge in [-0.15, -0.1) is 0 Å². The zero-order chi connectivity index (χ0) is 26.0. The van der Waals surface area contributed by atoms with Crippen molar-refractivity contribution in [3.05, 3.63) is 110 Å². The van der Waals surface area contributed by atoms with Crippen LogP contribution in [0.25, 0.3) is 6.08 Å². The maximum Gasteiger partial charge on any atom is 0.269 e. The van der Waals surface area contributed by atoms with E-state index in [4.69, 9.17) is 11.6 Å². The lowest BCUT2D eigenvalue weighted by Crippen LogP contribution is -2.44. The number of fused-ring (bicyclic) bond motifs is 5. The third-order valence-corrected chi connectivity index (χ3v) is 7.74. The fraction of sp³-hybridized carbons (Fsp3) is 0.179. The van der Waals surface area contributed by atoms with E-state index in [2.05, 4.69) is 0 Å². The van der Waals surface area contributed by atoms with E-state index in [-0.39, 0.29) is 11.5 Å². The minimum absolute atomic E-state index is 0.131. The quantitative estimate of drug-likeness (QED) is 0.212. The molecule has 0 N–H and O–H groups in total. The van der Waals surface area contributed by atoms with Crippen molar-refractivity contribution in [3.63, 3.8) is 0 Å². The van der Waals surface area contributed by atoms with Crippen LogP contribution in [0, 0.1) is 28.9 Å². The SMILES string of the molecule is Cc1cc([N+](=O)[O-])ccc1N1C(=O)[C@@H]2[C@H](C1=O)[C@H]1c3ccccc3C=CN1[C@H]2C(=O)c1ccc(Cl)cc1. The van der Waals surface area contributed by atoms with Gasteiger partial charge in [-0.3, -0.25) is 24.5 Å². The van der Waals surface area contributed by atoms with Crippen LogP contribution in [-0.4, -0.2) is 33.5 Å². The molecule has 3 aliphatic rings. The van der Waals surface area contributed by atoms with Crippen LogP contribution >= 0.6 is 11.6 Å². The Hall–Kier alpha value is -4.30. The molecule has 8 nitrogen and oxygen atoms in total. The normalized spacial score (nSPS) is 23.6. The Kier molecular flexibility index (Phi) is 5.24. The number of non-ortho nitro benzene ring substituents is 1. The van der Waals surface area contributed by atoms with E-state index in [9.17, 15) is 24.5 Å². The summed E-state index contributed by atoms with van der Waals surface area (Å²) in [7, 11) is 0. The lowest BCUT2D eigenvalue weighted by atomic mass is 9.83. The highest BCUT2D eigenvalue weighted by Gasteiger charge is 2.64. The number of carbonyl (C=O) groups is 3. The van der Waals surface area contributed by atoms with Crippen LogP contribution in [0.15, 0.2) is 72.9 Å². The first-order valence-corrected chi connectivity index (χ1v) is 12.1. The standard InChI is InChI=1S/C28H20ClN3O5/c1-15-14-19(32(36)37)10-11-21(15)31-27(34)22-23(28(31)35)25(26(33)17-6-8-18(29)9-7-17)30-13-12-16-4-2-3-5-20(16)24(22)30/h2-14,22-25H,1H3/t22-,23+,24+,25+/m0/s1. The van der Waals surface area contributed by atoms with Gasteiger partial charge in [-0.05, 0) is 60.0 Å². The molecular weight excluding hydrogens is 494 g/mol. The monoisotopic (exact) mass is 513 g/mol. The minimum atomic E-state index is -0.925. The Morgan fingerprint density at radius 3 is 2.38 bits per heavy atom. The number of amides is 2. The molecule has 2 saturated heterocycles. The number of nitro groups is 1. The van der Waals surface area contributed by atoms with Crippen molar-refractivity contribution in [1.29, 1.82) is 0 Å². The van der Waals surface area contributed by atoms with Gasteiger partial charge in [-0.25, -0.2) is 4.90 Å². The highest BCUT2D eigenvalue weighted by Crippen LogP contribution is 2.54. The van der Waals surface area contributed by atoms with Crippen molar-refractivity contribution in [2.45, 2.75) is 19.0 Å². The van der Waals surface area contributed by atoms with Gasteiger partial charge in [-0.1, -0.05) is 35.9 Å². The molecule has 3 aromatic rings. The second-order valence-electron chi connectivity index (χ2n) is 9.44. The van der Waals surface area contributed by atoms with Gasteiger partial charge in [0.1, 0.15) is 6.04 Å². The number of nitrogens with zero attached hydrogens (tertiary/aromatic N) is 3. The third-order valence-electron chi connectivity index (χ3n) is 7.49. The first-order chi connectivity index (χ1) is 17.8. The van der Waals surface area contributed by atoms with E-state index in [1.807, 2.05) is 35.2 Å². The van der Waals surface area contributed by atoms with E-state index in [0.717, 1.165) is 16.0 Å². The molecule has 2 amide bonds. The number of Topliss-reactive ketones (excluding diaryl/α,β-unsaturated/α-hetero) is 1. The Bertz CT molecular complexity index is 1530. The van der Waals surface area contributed by atoms with Crippen LogP contribution in [0.1, 0.15) is 33.1 Å². The number of anilines is 1. The largest absolute Gasteiger partial charge is 0.358 e. The molecule has 3 heterocycles. The molecule has 0 radical (unpaired) electrons. The van der Waals surface area contributed by atoms with Gasteiger partial charge in [0, 0.05) is 28.9 Å². The predicted octanol–water partition coefficient (Wildman–Crippen LogP) is 4.95. The van der Waals surface area contributed by atoms with E-state index in [0.29, 0.717) is 21.8 Å². The number of halogens is 1. The van der Waals surface area contributed by atoms with Gasteiger partial charge >= 0.3 is 0 Å². The molecule has 0 aromatic heterocycles. The molecule has 9 heteroatoms. The molecule has 3 aromatic carbocycles. The van der Waals surface area contributed by atoms with Crippen molar-refractivity contribution in [2.75, 3.05) is 4.90 Å². The minimum Gasteiger partial charge on any atom is -0.358 e. The number of hydrogen-bond acceptors (Lipinski definition) is 6. The number of carbonyl (C=O) groups excluding carboxylic acids is 3. The van der Waals surface area contributed by atoms with Crippen molar-refractivity contribution < 1.29 is 19.3 Å². The second-order valence-corrected chi connectivity index (χ2v) is 9.88. The lowest BCUT2D eigenvalue weighted by molar-refractivity contribution is -0.384. The summed E-state index contributed by atoms with van der Waals surface area (Å²) in [6, 6.07) is 16.7. The molecule has 0 saturated carbocycles. The molecule has 6 rings (SSSR count). The van der Waals surface area contributed by atoms with Crippen LogP contribution in [0.2, 0.25) is 5.02 Å². The summed E-state index contributed by atoms with van der Waals surface area (Å²) in [6.07, 6.45) is 3.69. The highest BCUT2D eigenvalue weighted by molar-refractivity contribution is 6.30. The van der Waals surface area contributed by atoms with Crippen molar-refractivity contribution in [1.82, 2.24) is 4.90 Å². The van der Waals surface area contributed by atoms with Gasteiger partial charge in [-0.2, -0.15) is 0 Å². The summed E-state index contributed by atoms with van der Waals surface area (Å²) in [5.74, 6) is -2.90. The smallest absolute Gasteiger partial charge is 0.269 e. The average Bonchev–Trinajstić information content (AvgIpc) is 3.36. The van der Waals surface area contributed by atoms with Crippen LogP contribution in [0.4, 0.5) is 11.4 Å². The van der Waals surface area contributed by atoms with Gasteiger partial charge < -0.3 is 4.90 Å². The maximum absolute atomic E-state index is 14.0. The molecule has 3 aliphatic heterocycles. The molecule has 0 unspecified atom stereocenters. The summed E-state index contributed by atoms with van der Waals surface area (Å²) in [5, 5.41) is 11.7. The van der Waals surface area contributed by atoms with Crippen LogP contribution in [0.5, 0.6) is 0 Å². The van der Waals surface area contributed by atoms with Gasteiger partial charge in [0.25, 0.3) is 5.69 Å². The number of nitro benzene ring substituents is 1. The molecule has 0 aliphatic carbocycles. The van der Waals surface area contributed by atoms with E-state index >= 15 is 0 Å². The topological polar surface area (TPSA) is 101 Å². The summed E-state index contributed by atoms with van der Waals surface area (Å²) in [5.41, 5.74) is 2.78. The fourth-order valence-corrected chi connectivity index (χ4v) is 6.01. The number of hydrogen-bond donors (Lipinski definition) is 0. The Labute approximate surface area is 216 Å². The van der Waals surface area contributed by atoms with E-state index in [1.165, 1.54) is 18.2 Å². The van der Waals surface area contributed by atoms with Crippen molar-refractivity contribution in [2.24, 2.45) is 11.8 Å². The number of aryl methyl sites for hydroxylation is 1. The molecule has 4 atom stereocenters. The average molecular weight is 514 g/mol. The summed E-state index contributed by atoms with van der Waals surface area (Å²) >= 11 is 6.03. The molecule has 0 spiro atoms. The predicted molar refractivity (Wildman–Crippen MR) is 137 cm³/mol. The van der Waals surface area contributed by atoms with Gasteiger partial charge in [0.2, 0.25) is 11.8 Å². The van der Waals surface area contributed by atoms with E-state index in [1.54, 1.807) is 37.4 Å². The Morgan fingerprint density at radius 2 is 1.68 bits per heavy atom. The maximum atomic E-state index is 14.0. The van der Waals surface area contributed by atoms with Crippen molar-refractivity contribution in [3.8, 4) is 0 Å². The second kappa shape index (κ2) is 8.38. The van der Waals surface area contributed by atoms with Crippen LogP contribution < -0.4 is 4.90 Å². The zero-order valence-corrected chi connectivity index (χ0v) is 20.3. The van der Waals surface area contributed by atoms with E-state index < -0.39 is 40.7 Å². The summed E-state index contributed by atoms with van der Waals surface area (Å²) < 4.78 is 0. The number of benzene rings is 3. The Balaban J connectivity index is 1.49. The van der Waals surface area contributed by atoms with Gasteiger partial charge in [0.05, 0.1) is 28.5 Å². The highest BCUT2D eigenvalue weighted by atomic mass is 35.5. The Morgan fingerprint density at radius 1 is 0.973 bits per heavy atom. The molecule has 37 heavy (non-hydrogen) atoms. The summed E-state index contributed by atoms with van der Waals surface area (Å²) in [6.45, 7) is 1.62. The lowest BCUT2D eigenvalue weighted by Gasteiger charge is -2.35. The molecular formula is C28H20ClN3O5. The van der Waals surface area contributed by atoms with Crippen LogP contribution in [-0.2, 0) is 9.59 Å². The molecule has 184 valence electrons. The third kappa shape index (κ3) is 3.40. The molecule has 0 bridgehead atoms. The number of rotatable bonds is 4. The zero-order valence-electron chi connectivity index (χ0n) is 19.6. The summed E-state index contributed by atoms with van der Waals surface area (Å²) in [4.78, 5) is 55.5. The van der Waals surface area contributed by atoms with Crippen LogP contribution in [0.3, 0.4) is 0 Å². The molecule has 2 fully saturated rings. The fourth-order valence-electron chi connectivity index (χ4n) is 5.88. The number of ketones is 1. The number of imide groups is 1. The van der Waals surface area contributed by atoms with Crippen molar-refractivity contribution >= 4 is 46.6 Å². The first kappa shape index (κ1) is 23.1. The van der Waals surface area contributed by atoms with Gasteiger partial charge in [0.15, 0.2) is 5.78 Å². The first-order valence-electron chi connectivity index (χ1n) is 11.7.